The van der Waals surface area contributed by atoms with Crippen molar-refractivity contribution in [3.05, 3.63) is 77.8 Å². The Kier molecular flexibility index (Phi) is 6.03. The number of amides is 1. The normalized spacial score (nSPS) is 19.9. The van der Waals surface area contributed by atoms with Gasteiger partial charge in [-0.3, -0.25) is 19.7 Å². The lowest BCUT2D eigenvalue weighted by Crippen LogP contribution is -2.46. The molecule has 2 saturated heterocycles. The van der Waals surface area contributed by atoms with Crippen LogP contribution in [-0.2, 0) is 0 Å². The topological polar surface area (TPSA) is 148 Å². The highest BCUT2D eigenvalue weighted by molar-refractivity contribution is 6.00. The molecule has 0 saturated carbocycles. The lowest BCUT2D eigenvalue weighted by molar-refractivity contribution is 0.0556. The Labute approximate surface area is 237 Å². The predicted molar refractivity (Wildman–Crippen MR) is 147 cm³/mol. The standard InChI is InChI=1S/C29H25F2N9O2/c1-14(41)23-25(16-9-17-6-7-18(10-16)39(17)29(42)27-34-13-35-38-27)37-28-19(12-36-40(28)26(23)32)15-5-8-22(33-11-15)24-20(30)3-2-4-21(24)31/h2-5,8,11-13,16-18H,6-7,9-10,32H2,1H3,(H,34,35,38)/t16?,17-,18+. The Hall–Kier alpha value is -5.07. The van der Waals surface area contributed by atoms with E-state index in [1.807, 2.05) is 4.90 Å². The molecule has 6 heterocycles. The number of fused-ring (bicyclic) bond motifs is 3. The average molecular weight is 570 g/mol. The average Bonchev–Trinajstić information content (AvgIpc) is 3.71. The number of H-pyrrole nitrogens is 1. The molecule has 13 heteroatoms. The van der Waals surface area contributed by atoms with Crippen LogP contribution >= 0.6 is 0 Å². The molecule has 4 aromatic heterocycles. The highest BCUT2D eigenvalue weighted by Crippen LogP contribution is 2.45. The molecule has 0 aliphatic carbocycles. The Bertz CT molecular complexity index is 1820. The molecule has 0 spiro atoms. The van der Waals surface area contributed by atoms with Gasteiger partial charge in [0.05, 0.1) is 28.7 Å². The molecular formula is C29H25F2N9O2. The molecule has 3 N–H and O–H groups in total. The van der Waals surface area contributed by atoms with Gasteiger partial charge in [0.2, 0.25) is 5.82 Å². The third kappa shape index (κ3) is 4.03. The molecule has 11 nitrogen and oxygen atoms in total. The molecule has 2 bridgehead atoms. The van der Waals surface area contributed by atoms with Gasteiger partial charge in [-0.15, -0.1) is 0 Å². The van der Waals surface area contributed by atoms with E-state index in [4.69, 9.17) is 10.7 Å². The van der Waals surface area contributed by atoms with Crippen molar-refractivity contribution in [3.8, 4) is 22.4 Å². The predicted octanol–water partition coefficient (Wildman–Crippen LogP) is 4.19. The van der Waals surface area contributed by atoms with Crippen LogP contribution in [0.2, 0.25) is 0 Å². The first-order valence-corrected chi connectivity index (χ1v) is 13.6. The number of carbonyl (C=O) groups excluding carboxylic acids is 2. The number of halogens is 2. The maximum absolute atomic E-state index is 14.3. The Morgan fingerprint density at radius 3 is 2.38 bits per heavy atom. The van der Waals surface area contributed by atoms with Gasteiger partial charge in [0.1, 0.15) is 23.8 Å². The number of nitrogens with zero attached hydrogens (tertiary/aromatic N) is 7. The number of nitrogen functional groups attached to an aromatic ring is 1. The molecule has 7 rings (SSSR count). The van der Waals surface area contributed by atoms with E-state index in [9.17, 15) is 18.4 Å². The van der Waals surface area contributed by atoms with Crippen LogP contribution in [0.15, 0.2) is 49.1 Å². The minimum Gasteiger partial charge on any atom is -0.383 e. The highest BCUT2D eigenvalue weighted by Gasteiger charge is 2.45. The number of hydrogen-bond donors (Lipinski definition) is 2. The van der Waals surface area contributed by atoms with E-state index in [1.54, 1.807) is 12.3 Å². The maximum atomic E-state index is 14.3. The number of hydrogen-bond acceptors (Lipinski definition) is 8. The van der Waals surface area contributed by atoms with E-state index in [0.29, 0.717) is 40.9 Å². The summed E-state index contributed by atoms with van der Waals surface area (Å²) in [7, 11) is 0. The SMILES string of the molecule is CC(=O)c1c(C2C[C@H]3CC[C@@H](C2)N3C(=O)c2ncn[nH]2)nc2c(-c3ccc(-c4c(F)cccc4F)nc3)cnn2c1N. The van der Waals surface area contributed by atoms with Crippen LogP contribution in [0.5, 0.6) is 0 Å². The summed E-state index contributed by atoms with van der Waals surface area (Å²) in [6.45, 7) is 1.45. The van der Waals surface area contributed by atoms with Crippen molar-refractivity contribution in [3.63, 3.8) is 0 Å². The second kappa shape index (κ2) is 9.79. The van der Waals surface area contributed by atoms with Gasteiger partial charge in [-0.25, -0.2) is 18.7 Å². The van der Waals surface area contributed by atoms with Gasteiger partial charge < -0.3 is 10.6 Å². The van der Waals surface area contributed by atoms with Gasteiger partial charge in [0.25, 0.3) is 5.91 Å². The third-order valence-corrected chi connectivity index (χ3v) is 8.33. The number of benzene rings is 1. The molecule has 5 aromatic rings. The molecule has 1 amide bonds. The van der Waals surface area contributed by atoms with Crippen molar-refractivity contribution in [1.82, 2.24) is 39.7 Å². The second-order valence-electron chi connectivity index (χ2n) is 10.7. The zero-order valence-electron chi connectivity index (χ0n) is 22.5. The molecule has 42 heavy (non-hydrogen) atoms. The summed E-state index contributed by atoms with van der Waals surface area (Å²) in [6.07, 6.45) is 7.31. The molecule has 3 atom stereocenters. The van der Waals surface area contributed by atoms with E-state index in [2.05, 4.69) is 25.3 Å². The molecule has 212 valence electrons. The summed E-state index contributed by atoms with van der Waals surface area (Å²) in [5, 5.41) is 10.9. The Morgan fingerprint density at radius 1 is 1.02 bits per heavy atom. The molecule has 1 aromatic carbocycles. The Morgan fingerprint density at radius 2 is 1.76 bits per heavy atom. The number of pyridine rings is 1. The van der Waals surface area contributed by atoms with Gasteiger partial charge in [-0.2, -0.15) is 14.7 Å². The molecule has 1 unspecified atom stereocenters. The van der Waals surface area contributed by atoms with Gasteiger partial charge in [-0.1, -0.05) is 12.1 Å². The van der Waals surface area contributed by atoms with Crippen molar-refractivity contribution in [2.24, 2.45) is 0 Å². The van der Waals surface area contributed by atoms with E-state index in [0.717, 1.165) is 12.8 Å². The number of rotatable bonds is 5. The quantitative estimate of drug-likeness (QED) is 0.300. The summed E-state index contributed by atoms with van der Waals surface area (Å²) in [4.78, 5) is 41.2. The number of piperidine rings is 1. The number of ketones is 1. The molecule has 2 fully saturated rings. The molecule has 2 aliphatic heterocycles. The van der Waals surface area contributed by atoms with Crippen LogP contribution in [0.25, 0.3) is 28.0 Å². The van der Waals surface area contributed by atoms with Gasteiger partial charge in [0, 0.05) is 35.3 Å². The van der Waals surface area contributed by atoms with Crippen LogP contribution in [0.3, 0.4) is 0 Å². The number of aromatic nitrogens is 7. The second-order valence-corrected chi connectivity index (χ2v) is 10.7. The highest BCUT2D eigenvalue weighted by atomic mass is 19.1. The smallest absolute Gasteiger partial charge is 0.291 e. The van der Waals surface area contributed by atoms with E-state index in [-0.39, 0.29) is 52.6 Å². The van der Waals surface area contributed by atoms with Crippen molar-refractivity contribution >= 4 is 23.2 Å². The first-order valence-electron chi connectivity index (χ1n) is 13.6. The van der Waals surface area contributed by atoms with Crippen LogP contribution in [0.1, 0.15) is 65.2 Å². The minimum absolute atomic E-state index is 0.0367. The minimum atomic E-state index is -0.704. The third-order valence-electron chi connectivity index (χ3n) is 8.33. The molecule has 2 aliphatic rings. The van der Waals surface area contributed by atoms with Crippen molar-refractivity contribution < 1.29 is 18.4 Å². The van der Waals surface area contributed by atoms with E-state index < -0.39 is 11.6 Å². The number of carbonyl (C=O) groups is 2. The lowest BCUT2D eigenvalue weighted by atomic mass is 9.85. The van der Waals surface area contributed by atoms with Crippen LogP contribution in [0, 0.1) is 11.6 Å². The number of nitrogens with one attached hydrogen (secondary N) is 1. The van der Waals surface area contributed by atoms with E-state index >= 15 is 0 Å². The summed E-state index contributed by atoms with van der Waals surface area (Å²) in [5.74, 6) is -1.54. The van der Waals surface area contributed by atoms with E-state index in [1.165, 1.54) is 48.2 Å². The first kappa shape index (κ1) is 25.9. The fraction of sp³-hybridized carbons (Fsp3) is 0.276. The van der Waals surface area contributed by atoms with Crippen LogP contribution in [0.4, 0.5) is 14.6 Å². The maximum Gasteiger partial charge on any atom is 0.291 e. The Balaban J connectivity index is 1.26. The molecular weight excluding hydrogens is 544 g/mol. The fourth-order valence-electron chi connectivity index (χ4n) is 6.50. The monoisotopic (exact) mass is 569 g/mol. The largest absolute Gasteiger partial charge is 0.383 e. The number of aromatic amines is 1. The molecule has 0 radical (unpaired) electrons. The zero-order chi connectivity index (χ0) is 29.1. The zero-order valence-corrected chi connectivity index (χ0v) is 22.5. The van der Waals surface area contributed by atoms with Gasteiger partial charge >= 0.3 is 0 Å². The van der Waals surface area contributed by atoms with Gasteiger partial charge in [0.15, 0.2) is 11.4 Å². The van der Waals surface area contributed by atoms with Crippen molar-refractivity contribution in [2.45, 2.75) is 50.6 Å². The number of nitrogens with two attached hydrogens (primary N) is 1. The summed E-state index contributed by atoms with van der Waals surface area (Å²) in [5.41, 5.74) is 9.04. The lowest BCUT2D eigenvalue weighted by Gasteiger charge is -2.38. The fourth-order valence-corrected chi connectivity index (χ4v) is 6.50. The number of anilines is 1. The summed E-state index contributed by atoms with van der Waals surface area (Å²) < 4.78 is 30.1. The summed E-state index contributed by atoms with van der Waals surface area (Å²) in [6, 6.07) is 6.81. The van der Waals surface area contributed by atoms with Crippen molar-refractivity contribution in [1.29, 1.82) is 0 Å². The number of Topliss-reactive ketones (excluding diaryl/α,β-unsaturated/α-hetero) is 1. The first-order chi connectivity index (χ1) is 20.3. The summed E-state index contributed by atoms with van der Waals surface area (Å²) >= 11 is 0. The van der Waals surface area contributed by atoms with Gasteiger partial charge in [-0.05, 0) is 50.8 Å². The van der Waals surface area contributed by atoms with Crippen LogP contribution < -0.4 is 5.73 Å². The van der Waals surface area contributed by atoms with Crippen LogP contribution in [-0.4, -0.2) is 63.4 Å². The van der Waals surface area contributed by atoms with Crippen molar-refractivity contribution in [2.75, 3.05) is 5.73 Å².